The van der Waals surface area contributed by atoms with Gasteiger partial charge in [0.15, 0.2) is 5.82 Å². The number of piperidine rings is 1. The summed E-state index contributed by atoms with van der Waals surface area (Å²) < 4.78 is 1.01. The molecule has 2 aromatic heterocycles. The van der Waals surface area contributed by atoms with Crippen LogP contribution in [0.5, 0.6) is 5.75 Å². The highest BCUT2D eigenvalue weighted by Crippen LogP contribution is 2.36. The van der Waals surface area contributed by atoms with Gasteiger partial charge < -0.3 is 15.3 Å². The summed E-state index contributed by atoms with van der Waals surface area (Å²) in [6.45, 7) is 3.65. The Kier molecular flexibility index (Phi) is 5.82. The van der Waals surface area contributed by atoms with Crippen LogP contribution in [-0.4, -0.2) is 39.6 Å². The van der Waals surface area contributed by atoms with Gasteiger partial charge in [0.2, 0.25) is 0 Å². The van der Waals surface area contributed by atoms with Crippen LogP contribution in [0, 0.1) is 0 Å². The van der Waals surface area contributed by atoms with Crippen molar-refractivity contribution >= 4 is 33.1 Å². The highest BCUT2D eigenvalue weighted by atomic mass is 32.1. The molecule has 2 N–H and O–H groups in total. The average Bonchev–Trinajstić information content (AvgIpc) is 3.24. The second-order valence-corrected chi connectivity index (χ2v) is 9.12. The van der Waals surface area contributed by atoms with Gasteiger partial charge in [0, 0.05) is 23.2 Å². The predicted molar refractivity (Wildman–Crippen MR) is 128 cm³/mol. The quantitative estimate of drug-likeness (QED) is 0.403. The maximum absolute atomic E-state index is 9.72. The Labute approximate surface area is 186 Å². The van der Waals surface area contributed by atoms with E-state index in [1.807, 2.05) is 12.1 Å². The van der Waals surface area contributed by atoms with Crippen molar-refractivity contribution in [1.82, 2.24) is 14.9 Å². The summed E-state index contributed by atoms with van der Waals surface area (Å²) in [6, 6.07) is 18.1. The molecular weight excluding hydrogens is 404 g/mol. The normalized spacial score (nSPS) is 14.7. The molecule has 0 aliphatic carbocycles. The number of thiophene rings is 1. The number of fused-ring (bicyclic) bond motifs is 1. The lowest BCUT2D eigenvalue weighted by Crippen LogP contribution is -2.31. The number of anilines is 2. The van der Waals surface area contributed by atoms with Gasteiger partial charge in [-0.2, -0.15) is 0 Å². The van der Waals surface area contributed by atoms with Gasteiger partial charge in [-0.05, 0) is 61.7 Å². The first-order valence-electron chi connectivity index (χ1n) is 10.9. The Morgan fingerprint density at radius 1 is 0.968 bits per heavy atom. The van der Waals surface area contributed by atoms with Crippen molar-refractivity contribution in [3.05, 3.63) is 66.5 Å². The SMILES string of the molecule is Oc1cccc(Nc2ncnc3cc(-c4ccc(CCN5CCCCC5)cc4)sc23)c1. The van der Waals surface area contributed by atoms with Crippen LogP contribution >= 0.6 is 11.3 Å². The van der Waals surface area contributed by atoms with E-state index < -0.39 is 0 Å². The molecule has 0 atom stereocenters. The standard InChI is InChI=1S/C25H26N4OS/c30-21-6-4-5-20(15-21)28-25-24-22(26-17-27-25)16-23(31-24)19-9-7-18(8-10-19)11-14-29-12-2-1-3-13-29/h4-10,15-17,30H,1-3,11-14H2,(H,26,27,28). The van der Waals surface area contributed by atoms with Crippen molar-refractivity contribution in [2.24, 2.45) is 0 Å². The van der Waals surface area contributed by atoms with E-state index in [1.165, 1.54) is 48.4 Å². The molecule has 0 spiro atoms. The maximum atomic E-state index is 9.72. The van der Waals surface area contributed by atoms with Crippen molar-refractivity contribution in [2.45, 2.75) is 25.7 Å². The number of aromatic nitrogens is 2. The Hall–Kier alpha value is -2.96. The molecule has 1 aliphatic heterocycles. The van der Waals surface area contributed by atoms with Gasteiger partial charge in [-0.3, -0.25) is 0 Å². The highest BCUT2D eigenvalue weighted by molar-refractivity contribution is 7.22. The molecule has 4 aromatic rings. The molecular formula is C25H26N4OS. The average molecular weight is 431 g/mol. The molecule has 5 rings (SSSR count). The Bertz CT molecular complexity index is 1170. The van der Waals surface area contributed by atoms with Gasteiger partial charge in [0.1, 0.15) is 12.1 Å². The maximum Gasteiger partial charge on any atom is 0.151 e. The largest absolute Gasteiger partial charge is 0.508 e. The molecule has 2 aromatic carbocycles. The van der Waals surface area contributed by atoms with Gasteiger partial charge in [-0.15, -0.1) is 11.3 Å². The first-order chi connectivity index (χ1) is 15.2. The first kappa shape index (κ1) is 20.0. The van der Waals surface area contributed by atoms with E-state index in [0.717, 1.165) is 34.7 Å². The summed E-state index contributed by atoms with van der Waals surface area (Å²) in [5, 5.41) is 13.0. The molecule has 6 heteroatoms. The minimum atomic E-state index is 0.225. The number of phenols is 1. The smallest absolute Gasteiger partial charge is 0.151 e. The zero-order chi connectivity index (χ0) is 21.0. The fraction of sp³-hybridized carbons (Fsp3) is 0.280. The van der Waals surface area contributed by atoms with E-state index >= 15 is 0 Å². The number of likely N-dealkylation sites (tertiary alicyclic amines) is 1. The van der Waals surface area contributed by atoms with Gasteiger partial charge in [0.05, 0.1) is 10.2 Å². The topological polar surface area (TPSA) is 61.3 Å². The second-order valence-electron chi connectivity index (χ2n) is 8.07. The minimum absolute atomic E-state index is 0.225. The molecule has 3 heterocycles. The molecule has 0 saturated carbocycles. The first-order valence-corrected chi connectivity index (χ1v) is 11.7. The molecule has 1 fully saturated rings. The number of phenolic OH excluding ortho intramolecular Hbond substituents is 1. The molecule has 0 radical (unpaired) electrons. The van der Waals surface area contributed by atoms with Crippen LogP contribution in [0.1, 0.15) is 24.8 Å². The van der Waals surface area contributed by atoms with E-state index in [0.29, 0.717) is 0 Å². The summed E-state index contributed by atoms with van der Waals surface area (Å²) in [4.78, 5) is 12.6. The molecule has 1 saturated heterocycles. The summed E-state index contributed by atoms with van der Waals surface area (Å²) in [5.41, 5.74) is 4.31. The zero-order valence-electron chi connectivity index (χ0n) is 17.4. The number of benzene rings is 2. The van der Waals surface area contributed by atoms with Crippen molar-refractivity contribution in [3.63, 3.8) is 0 Å². The molecule has 31 heavy (non-hydrogen) atoms. The van der Waals surface area contributed by atoms with Crippen LogP contribution < -0.4 is 5.32 Å². The van der Waals surface area contributed by atoms with Crippen molar-refractivity contribution in [2.75, 3.05) is 25.0 Å². The highest BCUT2D eigenvalue weighted by Gasteiger charge is 2.12. The second kappa shape index (κ2) is 9.04. The van der Waals surface area contributed by atoms with Crippen LogP contribution in [0.3, 0.4) is 0 Å². The van der Waals surface area contributed by atoms with Crippen LogP contribution in [0.4, 0.5) is 11.5 Å². The zero-order valence-corrected chi connectivity index (χ0v) is 18.2. The van der Waals surface area contributed by atoms with Gasteiger partial charge in [-0.25, -0.2) is 9.97 Å². The van der Waals surface area contributed by atoms with Gasteiger partial charge in [-0.1, -0.05) is 36.8 Å². The van der Waals surface area contributed by atoms with Gasteiger partial charge in [0.25, 0.3) is 0 Å². The van der Waals surface area contributed by atoms with E-state index in [1.54, 1.807) is 29.8 Å². The Balaban J connectivity index is 1.33. The Morgan fingerprint density at radius 3 is 2.61 bits per heavy atom. The fourth-order valence-corrected chi connectivity index (χ4v) is 5.17. The number of hydrogen-bond donors (Lipinski definition) is 2. The third-order valence-corrected chi connectivity index (χ3v) is 7.00. The minimum Gasteiger partial charge on any atom is -0.508 e. The van der Waals surface area contributed by atoms with E-state index in [-0.39, 0.29) is 5.75 Å². The molecule has 0 amide bonds. The third kappa shape index (κ3) is 4.70. The molecule has 1 aliphatic rings. The summed E-state index contributed by atoms with van der Waals surface area (Å²) >= 11 is 1.68. The predicted octanol–water partition coefficient (Wildman–Crippen LogP) is 5.84. The molecule has 0 unspecified atom stereocenters. The summed E-state index contributed by atoms with van der Waals surface area (Å²) in [5.74, 6) is 0.979. The monoisotopic (exact) mass is 430 g/mol. The van der Waals surface area contributed by atoms with Crippen LogP contribution in [0.25, 0.3) is 20.7 Å². The van der Waals surface area contributed by atoms with E-state index in [9.17, 15) is 5.11 Å². The lowest BCUT2D eigenvalue weighted by Gasteiger charge is -2.26. The number of aromatic hydroxyl groups is 1. The fourth-order valence-electron chi connectivity index (χ4n) is 4.11. The van der Waals surface area contributed by atoms with Crippen LogP contribution in [-0.2, 0) is 6.42 Å². The number of nitrogens with zero attached hydrogens (tertiary/aromatic N) is 3. The summed E-state index contributed by atoms with van der Waals surface area (Å²) in [7, 11) is 0. The van der Waals surface area contributed by atoms with Crippen molar-refractivity contribution in [1.29, 1.82) is 0 Å². The Morgan fingerprint density at radius 2 is 1.81 bits per heavy atom. The van der Waals surface area contributed by atoms with Crippen LogP contribution in [0.2, 0.25) is 0 Å². The molecule has 5 nitrogen and oxygen atoms in total. The van der Waals surface area contributed by atoms with E-state index in [4.69, 9.17) is 0 Å². The van der Waals surface area contributed by atoms with E-state index in [2.05, 4.69) is 50.5 Å². The number of hydrogen-bond acceptors (Lipinski definition) is 6. The van der Waals surface area contributed by atoms with Crippen molar-refractivity contribution in [3.8, 4) is 16.2 Å². The lowest BCUT2D eigenvalue weighted by molar-refractivity contribution is 0.231. The molecule has 0 bridgehead atoms. The lowest BCUT2D eigenvalue weighted by atomic mass is 10.1. The summed E-state index contributed by atoms with van der Waals surface area (Å²) in [6.07, 6.45) is 6.76. The third-order valence-electron chi connectivity index (χ3n) is 5.82. The van der Waals surface area contributed by atoms with Crippen LogP contribution in [0.15, 0.2) is 60.9 Å². The number of nitrogens with one attached hydrogen (secondary N) is 1. The molecule has 158 valence electrons. The van der Waals surface area contributed by atoms with Crippen molar-refractivity contribution < 1.29 is 5.11 Å². The van der Waals surface area contributed by atoms with Gasteiger partial charge >= 0.3 is 0 Å². The number of rotatable bonds is 6.